The van der Waals surface area contributed by atoms with Gasteiger partial charge in [-0.3, -0.25) is 9.59 Å². The molecule has 0 aliphatic carbocycles. The van der Waals surface area contributed by atoms with Crippen LogP contribution in [0.5, 0.6) is 0 Å². The van der Waals surface area contributed by atoms with Crippen molar-refractivity contribution < 1.29 is 19.1 Å². The van der Waals surface area contributed by atoms with Gasteiger partial charge in [0.2, 0.25) is 0 Å². The van der Waals surface area contributed by atoms with E-state index in [4.69, 9.17) is 9.47 Å². The molecule has 0 aliphatic rings. The van der Waals surface area contributed by atoms with Crippen molar-refractivity contribution in [3.8, 4) is 0 Å². The monoisotopic (exact) mass is 406 g/mol. The summed E-state index contributed by atoms with van der Waals surface area (Å²) in [5, 5.41) is 0. The maximum Gasteiger partial charge on any atom is 0.168 e. The Kier molecular flexibility index (Phi) is 9.94. The average molecular weight is 407 g/mol. The normalized spacial score (nSPS) is 12.8. The molecule has 0 saturated carbocycles. The molecule has 0 aliphatic heterocycles. The molecule has 1 rings (SSSR count). The van der Waals surface area contributed by atoms with Crippen LogP contribution in [-0.4, -0.2) is 35.5 Å². The molecule has 4 heteroatoms. The van der Waals surface area contributed by atoms with Gasteiger partial charge >= 0.3 is 0 Å². The molecule has 0 spiro atoms. The molecule has 0 fully saturated rings. The Morgan fingerprint density at radius 1 is 0.897 bits per heavy atom. The zero-order valence-corrected chi connectivity index (χ0v) is 20.4. The second kappa shape index (κ2) is 10.5. The first-order valence-electron chi connectivity index (χ1n) is 10.3. The first-order chi connectivity index (χ1) is 12.9. The summed E-state index contributed by atoms with van der Waals surface area (Å²) in [5.41, 5.74) is 0.468. The summed E-state index contributed by atoms with van der Waals surface area (Å²) < 4.78 is 11.7. The lowest BCUT2D eigenvalue weighted by atomic mass is 9.86. The fourth-order valence-electron chi connectivity index (χ4n) is 2.67. The van der Waals surface area contributed by atoms with Crippen LogP contribution in [0.15, 0.2) is 24.3 Å². The zero-order chi connectivity index (χ0) is 23.1. The summed E-state index contributed by atoms with van der Waals surface area (Å²) in [7, 11) is 0. The Hall–Kier alpha value is -1.52. The van der Waals surface area contributed by atoms with E-state index in [9.17, 15) is 9.59 Å². The Balaban J connectivity index is 0.000000541. The largest absolute Gasteiger partial charge is 0.376 e. The lowest BCUT2D eigenvalue weighted by Crippen LogP contribution is -2.36. The summed E-state index contributed by atoms with van der Waals surface area (Å²) in [6, 6.07) is 6.77. The van der Waals surface area contributed by atoms with Gasteiger partial charge in [0.25, 0.3) is 0 Å². The number of benzene rings is 1. The number of ether oxygens (including phenoxy) is 2. The molecule has 0 amide bonds. The average Bonchev–Trinajstić information content (AvgIpc) is 2.50. The number of hydrogen-bond acceptors (Lipinski definition) is 4. The Morgan fingerprint density at radius 3 is 1.86 bits per heavy atom. The van der Waals surface area contributed by atoms with Gasteiger partial charge in [0, 0.05) is 23.1 Å². The van der Waals surface area contributed by atoms with E-state index in [0.29, 0.717) is 11.1 Å². The second-order valence-electron chi connectivity index (χ2n) is 11.0. The third-order valence-electron chi connectivity index (χ3n) is 3.79. The van der Waals surface area contributed by atoms with Crippen LogP contribution in [0, 0.1) is 5.41 Å². The lowest BCUT2D eigenvalue weighted by molar-refractivity contribution is -0.130. The first-order valence-corrected chi connectivity index (χ1v) is 10.3. The molecule has 29 heavy (non-hydrogen) atoms. The standard InChI is InChI=1S/C13H28O2.C12H14O2/c1-11(2,3)14-10-9-13(7,8)15-12(4,5)6;1-12(2,3)11(14)10-6-4-5-9(7-10)8-13/h9-10H2,1-8H3;4-8H,1-3H3. The zero-order valence-electron chi connectivity index (χ0n) is 20.4. The predicted molar refractivity (Wildman–Crippen MR) is 121 cm³/mol. The summed E-state index contributed by atoms with van der Waals surface area (Å²) in [6.45, 7) is 23.0. The quantitative estimate of drug-likeness (QED) is 0.399. The van der Waals surface area contributed by atoms with Gasteiger partial charge in [0.15, 0.2) is 5.78 Å². The molecular weight excluding hydrogens is 364 g/mol. The number of Topliss-reactive ketones (excluding diaryl/α,β-unsaturated/α-hetero) is 1. The smallest absolute Gasteiger partial charge is 0.168 e. The van der Waals surface area contributed by atoms with E-state index in [2.05, 4.69) is 55.4 Å². The van der Waals surface area contributed by atoms with Crippen molar-refractivity contribution >= 4 is 12.1 Å². The number of aldehydes is 1. The van der Waals surface area contributed by atoms with Crippen molar-refractivity contribution in [3.05, 3.63) is 35.4 Å². The third-order valence-corrected chi connectivity index (χ3v) is 3.79. The van der Waals surface area contributed by atoms with Crippen LogP contribution in [0.2, 0.25) is 0 Å². The van der Waals surface area contributed by atoms with Gasteiger partial charge in [-0.15, -0.1) is 0 Å². The molecule has 0 unspecified atom stereocenters. The number of carbonyl (C=O) groups excluding carboxylic acids is 2. The number of carbonyl (C=O) groups is 2. The molecule has 0 radical (unpaired) electrons. The van der Waals surface area contributed by atoms with Crippen LogP contribution in [0.3, 0.4) is 0 Å². The lowest BCUT2D eigenvalue weighted by Gasteiger charge is -2.34. The first kappa shape index (κ1) is 27.5. The topological polar surface area (TPSA) is 52.6 Å². The molecule has 0 saturated heterocycles. The van der Waals surface area contributed by atoms with Gasteiger partial charge in [-0.2, -0.15) is 0 Å². The molecule has 0 aromatic heterocycles. The minimum atomic E-state index is -0.401. The van der Waals surface area contributed by atoms with Gasteiger partial charge in [0.1, 0.15) is 6.29 Å². The van der Waals surface area contributed by atoms with Crippen molar-refractivity contribution in [2.24, 2.45) is 5.41 Å². The summed E-state index contributed by atoms with van der Waals surface area (Å²) in [4.78, 5) is 22.3. The highest BCUT2D eigenvalue weighted by Gasteiger charge is 2.26. The van der Waals surface area contributed by atoms with E-state index in [1.807, 2.05) is 20.8 Å². The highest BCUT2D eigenvalue weighted by Crippen LogP contribution is 2.24. The molecule has 0 bridgehead atoms. The Bertz CT molecular complexity index is 653. The summed E-state index contributed by atoms with van der Waals surface area (Å²) >= 11 is 0. The van der Waals surface area contributed by atoms with Crippen LogP contribution in [0.4, 0.5) is 0 Å². The molecule has 166 valence electrons. The van der Waals surface area contributed by atoms with Gasteiger partial charge in [0.05, 0.1) is 16.8 Å². The van der Waals surface area contributed by atoms with Crippen LogP contribution in [0.25, 0.3) is 0 Å². The molecule has 0 atom stereocenters. The van der Waals surface area contributed by atoms with E-state index in [1.54, 1.807) is 24.3 Å². The van der Waals surface area contributed by atoms with Gasteiger partial charge in [-0.05, 0) is 67.9 Å². The van der Waals surface area contributed by atoms with Crippen molar-refractivity contribution in [2.45, 2.75) is 99.4 Å². The highest BCUT2D eigenvalue weighted by atomic mass is 16.5. The number of rotatable bonds is 6. The van der Waals surface area contributed by atoms with Crippen molar-refractivity contribution in [3.63, 3.8) is 0 Å². The van der Waals surface area contributed by atoms with E-state index in [-0.39, 0.29) is 22.6 Å². The van der Waals surface area contributed by atoms with Crippen LogP contribution < -0.4 is 0 Å². The fourth-order valence-corrected chi connectivity index (χ4v) is 2.67. The van der Waals surface area contributed by atoms with Gasteiger partial charge in [-0.1, -0.05) is 39.0 Å². The van der Waals surface area contributed by atoms with E-state index in [1.165, 1.54) is 0 Å². The van der Waals surface area contributed by atoms with Crippen molar-refractivity contribution in [1.29, 1.82) is 0 Å². The van der Waals surface area contributed by atoms with Gasteiger partial charge < -0.3 is 9.47 Å². The predicted octanol–water partition coefficient (Wildman–Crippen LogP) is 6.51. The molecule has 0 heterocycles. The maximum atomic E-state index is 11.8. The van der Waals surface area contributed by atoms with Crippen LogP contribution in [-0.2, 0) is 9.47 Å². The van der Waals surface area contributed by atoms with Crippen molar-refractivity contribution in [1.82, 2.24) is 0 Å². The number of ketones is 1. The fraction of sp³-hybridized carbons (Fsp3) is 0.680. The number of hydrogen-bond donors (Lipinski definition) is 0. The molecule has 1 aromatic carbocycles. The minimum absolute atomic E-state index is 0.0567. The van der Waals surface area contributed by atoms with E-state index < -0.39 is 5.41 Å². The molecule has 4 nitrogen and oxygen atoms in total. The van der Waals surface area contributed by atoms with Crippen molar-refractivity contribution in [2.75, 3.05) is 6.61 Å². The van der Waals surface area contributed by atoms with Crippen LogP contribution in [0.1, 0.15) is 103 Å². The van der Waals surface area contributed by atoms with Crippen LogP contribution >= 0.6 is 0 Å². The van der Waals surface area contributed by atoms with Gasteiger partial charge in [-0.25, -0.2) is 0 Å². The SMILES string of the molecule is CC(C)(C)C(=O)c1cccc(C=O)c1.CC(C)(C)OCCC(C)(C)OC(C)(C)C. The van der Waals surface area contributed by atoms with E-state index in [0.717, 1.165) is 19.3 Å². The molecule has 0 N–H and O–H groups in total. The highest BCUT2D eigenvalue weighted by molar-refractivity contribution is 6.00. The molecule has 1 aromatic rings. The summed E-state index contributed by atoms with van der Waals surface area (Å²) in [6.07, 6.45) is 1.67. The summed E-state index contributed by atoms with van der Waals surface area (Å²) in [5.74, 6) is 0.0567. The maximum absolute atomic E-state index is 11.8. The third kappa shape index (κ3) is 13.3. The Morgan fingerprint density at radius 2 is 1.45 bits per heavy atom. The Labute approximate surface area is 178 Å². The minimum Gasteiger partial charge on any atom is -0.376 e. The molecular formula is C25H42O4. The van der Waals surface area contributed by atoms with E-state index >= 15 is 0 Å². The second-order valence-corrected chi connectivity index (χ2v) is 11.0.